The standard InChI is InChI=1S/C20H27BrFNO5/c1-6-7-8-25-17-11-26-23-18(17)13-9-14(21)15(22)10-16(13)27-12(2)19(24)28-20(3,4)5/h9-10,12,17H,6-8,11H2,1-5H3/t12-,17?/m0/s1. The third-order valence-electron chi connectivity index (χ3n) is 3.85. The lowest BCUT2D eigenvalue weighted by molar-refractivity contribution is -0.162. The van der Waals surface area contributed by atoms with Crippen LogP contribution >= 0.6 is 15.9 Å². The third kappa shape index (κ3) is 6.17. The average Bonchev–Trinajstić information content (AvgIpc) is 3.05. The predicted octanol–water partition coefficient (Wildman–Crippen LogP) is 4.62. The van der Waals surface area contributed by atoms with Crippen molar-refractivity contribution in [2.24, 2.45) is 5.16 Å². The first kappa shape index (κ1) is 22.6. The van der Waals surface area contributed by atoms with Gasteiger partial charge in [-0.25, -0.2) is 9.18 Å². The number of nitrogens with zero attached hydrogens (tertiary/aromatic N) is 1. The van der Waals surface area contributed by atoms with Gasteiger partial charge < -0.3 is 19.0 Å². The van der Waals surface area contributed by atoms with E-state index in [0.29, 0.717) is 17.9 Å². The molecule has 1 aromatic rings. The van der Waals surface area contributed by atoms with Gasteiger partial charge in [-0.3, -0.25) is 0 Å². The molecule has 1 aliphatic heterocycles. The fourth-order valence-corrected chi connectivity index (χ4v) is 2.82. The first-order chi connectivity index (χ1) is 13.1. The van der Waals surface area contributed by atoms with E-state index in [9.17, 15) is 9.18 Å². The summed E-state index contributed by atoms with van der Waals surface area (Å²) in [6, 6.07) is 2.76. The fraction of sp³-hybridized carbons (Fsp3) is 0.600. The van der Waals surface area contributed by atoms with Crippen LogP contribution in [-0.4, -0.2) is 42.7 Å². The van der Waals surface area contributed by atoms with Crippen molar-refractivity contribution in [2.75, 3.05) is 13.2 Å². The molecule has 2 atom stereocenters. The van der Waals surface area contributed by atoms with Crippen molar-refractivity contribution in [1.82, 2.24) is 0 Å². The monoisotopic (exact) mass is 459 g/mol. The van der Waals surface area contributed by atoms with Gasteiger partial charge in [-0.05, 0) is 56.1 Å². The molecule has 156 valence electrons. The van der Waals surface area contributed by atoms with Crippen LogP contribution in [0, 0.1) is 5.82 Å². The Kier molecular flexibility index (Phi) is 7.83. The Morgan fingerprint density at radius 2 is 2.14 bits per heavy atom. The quantitative estimate of drug-likeness (QED) is 0.419. The maximum atomic E-state index is 14.2. The lowest BCUT2D eigenvalue weighted by Gasteiger charge is -2.23. The smallest absolute Gasteiger partial charge is 0.347 e. The van der Waals surface area contributed by atoms with Crippen LogP contribution in [0.3, 0.4) is 0 Å². The van der Waals surface area contributed by atoms with Gasteiger partial charge in [0.05, 0.1) is 4.47 Å². The van der Waals surface area contributed by atoms with Crippen molar-refractivity contribution in [2.45, 2.75) is 65.3 Å². The summed E-state index contributed by atoms with van der Waals surface area (Å²) in [6.45, 7) is 9.78. The molecule has 1 unspecified atom stereocenters. The topological polar surface area (TPSA) is 66.3 Å². The van der Waals surface area contributed by atoms with E-state index in [1.807, 2.05) is 0 Å². The van der Waals surface area contributed by atoms with Crippen molar-refractivity contribution in [3.63, 3.8) is 0 Å². The Morgan fingerprint density at radius 1 is 1.43 bits per heavy atom. The highest BCUT2D eigenvalue weighted by molar-refractivity contribution is 9.10. The van der Waals surface area contributed by atoms with Crippen molar-refractivity contribution >= 4 is 27.6 Å². The normalized spacial score (nSPS) is 17.7. The van der Waals surface area contributed by atoms with Crippen molar-refractivity contribution in [3.8, 4) is 5.75 Å². The Labute approximate surface area is 173 Å². The number of oxime groups is 1. The van der Waals surface area contributed by atoms with E-state index >= 15 is 0 Å². The van der Waals surface area contributed by atoms with Crippen LogP contribution in [-0.2, 0) is 19.1 Å². The van der Waals surface area contributed by atoms with Crippen molar-refractivity contribution in [1.29, 1.82) is 0 Å². The molecule has 0 aromatic heterocycles. The van der Waals surface area contributed by atoms with E-state index in [4.69, 9.17) is 19.0 Å². The molecule has 0 N–H and O–H groups in total. The minimum absolute atomic E-state index is 0.174. The molecule has 1 aliphatic rings. The van der Waals surface area contributed by atoms with Crippen molar-refractivity contribution < 1.29 is 28.2 Å². The van der Waals surface area contributed by atoms with Gasteiger partial charge in [0.25, 0.3) is 0 Å². The molecule has 0 saturated heterocycles. The summed E-state index contributed by atoms with van der Waals surface area (Å²) in [5.41, 5.74) is 0.357. The highest BCUT2D eigenvalue weighted by atomic mass is 79.9. The zero-order valence-corrected chi connectivity index (χ0v) is 18.5. The van der Waals surface area contributed by atoms with Gasteiger partial charge >= 0.3 is 5.97 Å². The van der Waals surface area contributed by atoms with Gasteiger partial charge in [0.15, 0.2) is 6.10 Å². The molecule has 0 amide bonds. The van der Waals surface area contributed by atoms with Gasteiger partial charge in [0.2, 0.25) is 0 Å². The van der Waals surface area contributed by atoms with E-state index in [-0.39, 0.29) is 22.9 Å². The molecule has 28 heavy (non-hydrogen) atoms. The Bertz CT molecular complexity index is 732. The average molecular weight is 460 g/mol. The summed E-state index contributed by atoms with van der Waals surface area (Å²) in [6.07, 6.45) is 0.601. The minimum atomic E-state index is -0.930. The molecule has 0 saturated carbocycles. The number of carbonyl (C=O) groups excluding carboxylic acids is 1. The van der Waals surface area contributed by atoms with Crippen LogP contribution in [0.25, 0.3) is 0 Å². The molecule has 1 aromatic carbocycles. The summed E-state index contributed by atoms with van der Waals surface area (Å²) in [5, 5.41) is 4.06. The van der Waals surface area contributed by atoms with Crippen LogP contribution < -0.4 is 4.74 Å². The number of esters is 1. The zero-order chi connectivity index (χ0) is 20.9. The second-order valence-corrected chi connectivity index (χ2v) is 8.40. The summed E-state index contributed by atoms with van der Waals surface area (Å²) >= 11 is 3.19. The van der Waals surface area contributed by atoms with Gasteiger partial charge in [-0.15, -0.1) is 0 Å². The van der Waals surface area contributed by atoms with Crippen LogP contribution in [0.5, 0.6) is 5.75 Å². The molecule has 0 bridgehead atoms. The molecule has 0 aliphatic carbocycles. The molecular formula is C20H27BrFNO5. The first-order valence-corrected chi connectivity index (χ1v) is 10.1. The Morgan fingerprint density at radius 3 is 2.79 bits per heavy atom. The molecule has 2 rings (SSSR count). The van der Waals surface area contributed by atoms with E-state index in [2.05, 4.69) is 28.0 Å². The van der Waals surface area contributed by atoms with Crippen LogP contribution in [0.1, 0.15) is 53.0 Å². The number of rotatable bonds is 8. The third-order valence-corrected chi connectivity index (χ3v) is 4.46. The molecule has 8 heteroatoms. The molecule has 0 radical (unpaired) electrons. The number of benzene rings is 1. The van der Waals surface area contributed by atoms with E-state index < -0.39 is 23.5 Å². The molecule has 6 nitrogen and oxygen atoms in total. The molecular weight excluding hydrogens is 433 g/mol. The Balaban J connectivity index is 2.25. The van der Waals surface area contributed by atoms with Gasteiger partial charge in [-0.1, -0.05) is 18.5 Å². The fourth-order valence-electron chi connectivity index (χ4n) is 2.48. The SMILES string of the molecule is CCCCOC1CON=C1c1cc(Br)c(F)cc1O[C@@H](C)C(=O)OC(C)(C)C. The number of unbranched alkanes of at least 4 members (excludes halogenated alkanes) is 1. The van der Waals surface area contributed by atoms with E-state index in [0.717, 1.165) is 12.8 Å². The second-order valence-electron chi connectivity index (χ2n) is 7.54. The molecule has 0 fully saturated rings. The van der Waals surface area contributed by atoms with E-state index in [1.165, 1.54) is 6.07 Å². The largest absolute Gasteiger partial charge is 0.478 e. The summed E-state index contributed by atoms with van der Waals surface area (Å²) < 4.78 is 31.3. The first-order valence-electron chi connectivity index (χ1n) is 9.32. The maximum Gasteiger partial charge on any atom is 0.347 e. The van der Waals surface area contributed by atoms with Gasteiger partial charge in [-0.2, -0.15) is 0 Å². The number of halogens is 2. The number of carbonyl (C=O) groups is 1. The van der Waals surface area contributed by atoms with Crippen LogP contribution in [0.15, 0.2) is 21.8 Å². The van der Waals surface area contributed by atoms with Gasteiger partial charge in [0.1, 0.15) is 35.6 Å². The highest BCUT2D eigenvalue weighted by Gasteiger charge is 2.31. The van der Waals surface area contributed by atoms with Gasteiger partial charge in [0, 0.05) is 18.2 Å². The maximum absolute atomic E-state index is 14.2. The summed E-state index contributed by atoms with van der Waals surface area (Å²) in [4.78, 5) is 17.5. The lowest BCUT2D eigenvalue weighted by atomic mass is 10.0. The second kappa shape index (κ2) is 9.69. The highest BCUT2D eigenvalue weighted by Crippen LogP contribution is 2.31. The van der Waals surface area contributed by atoms with E-state index in [1.54, 1.807) is 33.8 Å². The van der Waals surface area contributed by atoms with Crippen LogP contribution in [0.2, 0.25) is 0 Å². The van der Waals surface area contributed by atoms with Crippen LogP contribution in [0.4, 0.5) is 4.39 Å². The number of hydrogen-bond acceptors (Lipinski definition) is 6. The van der Waals surface area contributed by atoms with Crippen molar-refractivity contribution in [3.05, 3.63) is 28.0 Å². The zero-order valence-electron chi connectivity index (χ0n) is 16.9. The predicted molar refractivity (Wildman–Crippen MR) is 107 cm³/mol. The minimum Gasteiger partial charge on any atom is -0.478 e. The Hall–Kier alpha value is -1.67. The molecule has 0 spiro atoms. The lowest BCUT2D eigenvalue weighted by Crippen LogP contribution is -2.34. The molecule has 1 heterocycles. The summed E-state index contributed by atoms with van der Waals surface area (Å²) in [5.74, 6) is -0.882. The summed E-state index contributed by atoms with van der Waals surface area (Å²) in [7, 11) is 0. The number of ether oxygens (including phenoxy) is 3. The number of hydrogen-bond donors (Lipinski definition) is 0.